The van der Waals surface area contributed by atoms with Crippen LogP contribution < -0.4 is 0 Å². The van der Waals surface area contributed by atoms with E-state index in [2.05, 4.69) is 17.1 Å². The molecule has 0 bridgehead atoms. The zero-order valence-corrected chi connectivity index (χ0v) is 13.2. The van der Waals surface area contributed by atoms with Crippen LogP contribution >= 0.6 is 0 Å². The van der Waals surface area contributed by atoms with E-state index in [-0.39, 0.29) is 18.4 Å². The molecule has 120 valence electrons. The van der Waals surface area contributed by atoms with Crippen molar-refractivity contribution in [1.29, 1.82) is 0 Å². The van der Waals surface area contributed by atoms with Gasteiger partial charge in [-0.05, 0) is 44.1 Å². The van der Waals surface area contributed by atoms with Crippen LogP contribution in [-0.4, -0.2) is 58.0 Å². The molecule has 1 N–H and O–H groups in total. The monoisotopic (exact) mass is 304 g/mol. The van der Waals surface area contributed by atoms with Gasteiger partial charge in [-0.15, -0.1) is 0 Å². The van der Waals surface area contributed by atoms with Crippen molar-refractivity contribution in [3.63, 3.8) is 0 Å². The molecule has 6 nitrogen and oxygen atoms in total. The lowest BCUT2D eigenvalue weighted by molar-refractivity contribution is -0.139. The van der Waals surface area contributed by atoms with Crippen molar-refractivity contribution in [3.05, 3.63) is 17.5 Å². The van der Waals surface area contributed by atoms with Gasteiger partial charge in [0.15, 0.2) is 0 Å². The molecule has 2 fully saturated rings. The van der Waals surface area contributed by atoms with Crippen LogP contribution in [0.3, 0.4) is 0 Å². The molecule has 2 saturated heterocycles. The molecular formula is C16H24N4O2. The Kier molecular flexibility index (Phi) is 4.45. The molecule has 1 aromatic heterocycles. The minimum atomic E-state index is 0.0984. The molecular weight excluding hydrogens is 280 g/mol. The summed E-state index contributed by atoms with van der Waals surface area (Å²) in [7, 11) is 0. The average Bonchev–Trinajstić information content (AvgIpc) is 3.09. The fraction of sp³-hybridized carbons (Fsp3) is 0.688. The lowest BCUT2D eigenvalue weighted by Crippen LogP contribution is -2.45. The standard InChI is InChI=1S/C16H24N4O2/c1-12-9-17-18-14(12)8-13-4-2-6-19(10-13)16(22)11-20-7-3-5-15(20)21/h9,13H,2-8,10-11H2,1H3,(H,17,18). The van der Waals surface area contributed by atoms with Crippen molar-refractivity contribution in [1.82, 2.24) is 20.0 Å². The van der Waals surface area contributed by atoms with Crippen molar-refractivity contribution < 1.29 is 9.59 Å². The van der Waals surface area contributed by atoms with Gasteiger partial charge in [-0.2, -0.15) is 5.10 Å². The number of carbonyl (C=O) groups excluding carboxylic acids is 2. The normalized spacial score (nSPS) is 22.4. The molecule has 0 saturated carbocycles. The number of nitrogens with one attached hydrogen (secondary N) is 1. The van der Waals surface area contributed by atoms with Crippen molar-refractivity contribution in [3.8, 4) is 0 Å². The molecule has 0 aliphatic carbocycles. The summed E-state index contributed by atoms with van der Waals surface area (Å²) in [6, 6.07) is 0. The van der Waals surface area contributed by atoms with Crippen molar-refractivity contribution in [2.75, 3.05) is 26.2 Å². The number of aromatic nitrogens is 2. The second-order valence-corrected chi connectivity index (χ2v) is 6.50. The van der Waals surface area contributed by atoms with E-state index in [9.17, 15) is 9.59 Å². The highest BCUT2D eigenvalue weighted by Crippen LogP contribution is 2.22. The number of amides is 2. The van der Waals surface area contributed by atoms with E-state index in [0.29, 0.717) is 12.3 Å². The third kappa shape index (κ3) is 3.31. The summed E-state index contributed by atoms with van der Waals surface area (Å²) in [5.74, 6) is 0.697. The maximum absolute atomic E-state index is 12.4. The maximum Gasteiger partial charge on any atom is 0.242 e. The van der Waals surface area contributed by atoms with Crippen molar-refractivity contribution >= 4 is 11.8 Å². The van der Waals surface area contributed by atoms with Crippen molar-refractivity contribution in [2.45, 2.75) is 39.0 Å². The van der Waals surface area contributed by atoms with Gasteiger partial charge in [0, 0.05) is 31.7 Å². The van der Waals surface area contributed by atoms with Crippen LogP contribution in [0.15, 0.2) is 6.20 Å². The van der Waals surface area contributed by atoms with Gasteiger partial charge in [0.05, 0.1) is 12.7 Å². The first-order chi connectivity index (χ1) is 10.6. The molecule has 2 aliphatic heterocycles. The Morgan fingerprint density at radius 2 is 2.27 bits per heavy atom. The first-order valence-electron chi connectivity index (χ1n) is 8.18. The van der Waals surface area contributed by atoms with Gasteiger partial charge in [-0.1, -0.05) is 0 Å². The fourth-order valence-corrected chi connectivity index (χ4v) is 3.46. The van der Waals surface area contributed by atoms with Crippen LogP contribution in [0.2, 0.25) is 0 Å². The first-order valence-corrected chi connectivity index (χ1v) is 8.18. The van der Waals surface area contributed by atoms with Gasteiger partial charge in [-0.25, -0.2) is 0 Å². The Bertz CT molecular complexity index is 554. The second kappa shape index (κ2) is 6.50. The largest absolute Gasteiger partial charge is 0.341 e. The number of aryl methyl sites for hydroxylation is 1. The van der Waals surface area contributed by atoms with E-state index in [4.69, 9.17) is 0 Å². The number of carbonyl (C=O) groups is 2. The number of nitrogens with zero attached hydrogens (tertiary/aromatic N) is 3. The molecule has 2 aliphatic rings. The third-order valence-corrected chi connectivity index (χ3v) is 4.80. The quantitative estimate of drug-likeness (QED) is 0.906. The predicted octanol–water partition coefficient (Wildman–Crippen LogP) is 1.12. The van der Waals surface area contributed by atoms with Crippen LogP contribution in [0, 0.1) is 12.8 Å². The molecule has 0 radical (unpaired) electrons. The Hall–Kier alpha value is -1.85. The van der Waals surface area contributed by atoms with E-state index in [1.807, 2.05) is 11.1 Å². The van der Waals surface area contributed by atoms with E-state index in [1.165, 1.54) is 11.3 Å². The van der Waals surface area contributed by atoms with Crippen LogP contribution in [0.5, 0.6) is 0 Å². The lowest BCUT2D eigenvalue weighted by Gasteiger charge is -2.33. The highest BCUT2D eigenvalue weighted by molar-refractivity contribution is 5.85. The molecule has 0 spiro atoms. The van der Waals surface area contributed by atoms with E-state index >= 15 is 0 Å². The first kappa shape index (κ1) is 15.1. The number of hydrogen-bond donors (Lipinski definition) is 1. The number of hydrogen-bond acceptors (Lipinski definition) is 3. The van der Waals surface area contributed by atoms with Gasteiger partial charge in [0.25, 0.3) is 0 Å². The Morgan fingerprint density at radius 1 is 1.41 bits per heavy atom. The molecule has 6 heteroatoms. The van der Waals surface area contributed by atoms with Gasteiger partial charge in [0.1, 0.15) is 0 Å². The van der Waals surface area contributed by atoms with E-state index in [1.54, 1.807) is 4.90 Å². The summed E-state index contributed by atoms with van der Waals surface area (Å²) in [4.78, 5) is 27.7. The number of aromatic amines is 1. The predicted molar refractivity (Wildman–Crippen MR) is 82.1 cm³/mol. The van der Waals surface area contributed by atoms with Gasteiger partial charge in [-0.3, -0.25) is 14.7 Å². The number of H-pyrrole nitrogens is 1. The Labute approximate surface area is 130 Å². The molecule has 1 aromatic rings. The Balaban J connectivity index is 1.54. The number of piperidine rings is 1. The molecule has 0 aromatic carbocycles. The average molecular weight is 304 g/mol. The molecule has 2 amide bonds. The van der Waals surface area contributed by atoms with Crippen molar-refractivity contribution in [2.24, 2.45) is 5.92 Å². The molecule has 1 unspecified atom stereocenters. The van der Waals surface area contributed by atoms with E-state index < -0.39 is 0 Å². The minimum absolute atomic E-state index is 0.0984. The zero-order chi connectivity index (χ0) is 15.5. The van der Waals surface area contributed by atoms with Crippen LogP contribution in [0.25, 0.3) is 0 Å². The SMILES string of the molecule is Cc1cn[nH]c1CC1CCCN(C(=O)CN2CCCC2=O)C1. The van der Waals surface area contributed by atoms with Crippen LogP contribution in [0.4, 0.5) is 0 Å². The Morgan fingerprint density at radius 3 is 2.95 bits per heavy atom. The zero-order valence-electron chi connectivity index (χ0n) is 13.2. The summed E-state index contributed by atoms with van der Waals surface area (Å²) < 4.78 is 0. The highest BCUT2D eigenvalue weighted by Gasteiger charge is 2.28. The molecule has 3 heterocycles. The van der Waals surface area contributed by atoms with Gasteiger partial charge < -0.3 is 9.80 Å². The smallest absolute Gasteiger partial charge is 0.242 e. The summed E-state index contributed by atoms with van der Waals surface area (Å²) in [5.41, 5.74) is 2.36. The minimum Gasteiger partial charge on any atom is -0.341 e. The number of likely N-dealkylation sites (tertiary alicyclic amines) is 2. The van der Waals surface area contributed by atoms with Crippen LogP contribution in [-0.2, 0) is 16.0 Å². The lowest BCUT2D eigenvalue weighted by atomic mass is 9.92. The number of rotatable bonds is 4. The summed E-state index contributed by atoms with van der Waals surface area (Å²) in [6.45, 7) is 4.66. The van der Waals surface area contributed by atoms with Gasteiger partial charge in [0.2, 0.25) is 11.8 Å². The molecule has 22 heavy (non-hydrogen) atoms. The molecule has 1 atom stereocenters. The summed E-state index contributed by atoms with van der Waals surface area (Å²) in [5, 5.41) is 7.12. The highest BCUT2D eigenvalue weighted by atomic mass is 16.2. The summed E-state index contributed by atoms with van der Waals surface area (Å²) >= 11 is 0. The van der Waals surface area contributed by atoms with E-state index in [0.717, 1.165) is 45.3 Å². The maximum atomic E-state index is 12.4. The second-order valence-electron chi connectivity index (χ2n) is 6.50. The fourth-order valence-electron chi connectivity index (χ4n) is 3.46. The third-order valence-electron chi connectivity index (χ3n) is 4.80. The molecule has 3 rings (SSSR count). The van der Waals surface area contributed by atoms with Gasteiger partial charge >= 0.3 is 0 Å². The topological polar surface area (TPSA) is 69.3 Å². The summed E-state index contributed by atoms with van der Waals surface area (Å²) in [6.07, 6.45) is 6.45. The van der Waals surface area contributed by atoms with Crippen LogP contribution in [0.1, 0.15) is 36.9 Å².